The van der Waals surface area contributed by atoms with Gasteiger partial charge in [0, 0.05) is 20.2 Å². The molecule has 0 bridgehead atoms. The minimum absolute atomic E-state index is 0.328. The Kier molecular flexibility index (Phi) is 4.19. The first-order valence-electron chi connectivity index (χ1n) is 5.19. The van der Waals surface area contributed by atoms with Crippen LogP contribution < -0.4 is 5.32 Å². The maximum absolute atomic E-state index is 5.71. The van der Waals surface area contributed by atoms with E-state index in [4.69, 9.17) is 25.2 Å². The summed E-state index contributed by atoms with van der Waals surface area (Å²) >= 11 is 5.71. The van der Waals surface area contributed by atoms with Crippen molar-refractivity contribution in [2.75, 3.05) is 20.3 Å². The van der Waals surface area contributed by atoms with Gasteiger partial charge in [-0.05, 0) is 23.7 Å². The largest absolute Gasteiger partial charge is 0.441 e. The summed E-state index contributed by atoms with van der Waals surface area (Å²) in [6.45, 7) is 2.00. The zero-order valence-electron chi connectivity index (χ0n) is 9.40. The van der Waals surface area contributed by atoms with E-state index in [1.807, 2.05) is 0 Å². The van der Waals surface area contributed by atoms with Crippen LogP contribution in [0.3, 0.4) is 0 Å². The Labute approximate surface area is 104 Å². The third kappa shape index (κ3) is 3.09. The standard InChI is InChI=1S/C11H13ClN2O3/c1-15-5-4-13-6-8-11(16-7-14-8)9-2-3-10(12)17-9/h2-3,7,13H,4-6H2,1H3. The summed E-state index contributed by atoms with van der Waals surface area (Å²) in [7, 11) is 1.66. The van der Waals surface area contributed by atoms with Crippen LogP contribution >= 0.6 is 11.6 Å². The average molecular weight is 257 g/mol. The van der Waals surface area contributed by atoms with Gasteiger partial charge in [-0.2, -0.15) is 0 Å². The van der Waals surface area contributed by atoms with Crippen molar-refractivity contribution in [2.24, 2.45) is 0 Å². The molecule has 0 saturated carbocycles. The number of nitrogens with zero attached hydrogens (tertiary/aromatic N) is 1. The third-order valence-corrected chi connectivity index (χ3v) is 2.42. The quantitative estimate of drug-likeness (QED) is 0.804. The summed E-state index contributed by atoms with van der Waals surface area (Å²) in [5.74, 6) is 1.18. The fourth-order valence-electron chi connectivity index (χ4n) is 1.41. The predicted molar refractivity (Wildman–Crippen MR) is 62.8 cm³/mol. The van der Waals surface area contributed by atoms with Gasteiger partial charge in [-0.3, -0.25) is 0 Å². The molecular weight excluding hydrogens is 244 g/mol. The molecule has 2 heterocycles. The normalized spacial score (nSPS) is 10.9. The van der Waals surface area contributed by atoms with Gasteiger partial charge in [0.25, 0.3) is 0 Å². The molecule has 1 N–H and O–H groups in total. The summed E-state index contributed by atoms with van der Waals surface area (Å²) in [5.41, 5.74) is 0.784. The van der Waals surface area contributed by atoms with Crippen molar-refractivity contribution in [3.05, 3.63) is 29.4 Å². The van der Waals surface area contributed by atoms with Crippen LogP contribution in [0.5, 0.6) is 0 Å². The molecule has 0 amide bonds. The minimum Gasteiger partial charge on any atom is -0.441 e. The van der Waals surface area contributed by atoms with Crippen LogP contribution in [0.4, 0.5) is 0 Å². The molecule has 2 aromatic heterocycles. The first-order valence-corrected chi connectivity index (χ1v) is 5.57. The zero-order valence-corrected chi connectivity index (χ0v) is 10.2. The highest BCUT2D eigenvalue weighted by Gasteiger charge is 2.13. The number of halogens is 1. The summed E-state index contributed by atoms with van der Waals surface area (Å²) in [4.78, 5) is 4.13. The summed E-state index contributed by atoms with van der Waals surface area (Å²) < 4.78 is 15.5. The lowest BCUT2D eigenvalue weighted by Crippen LogP contribution is -2.19. The molecule has 0 atom stereocenters. The number of methoxy groups -OCH3 is 1. The molecule has 0 aromatic carbocycles. The Balaban J connectivity index is 2.02. The number of hydrogen-bond acceptors (Lipinski definition) is 5. The van der Waals surface area contributed by atoms with E-state index in [1.165, 1.54) is 6.39 Å². The molecule has 0 aliphatic heterocycles. The smallest absolute Gasteiger partial charge is 0.194 e. The summed E-state index contributed by atoms with van der Waals surface area (Å²) in [5, 5.41) is 3.51. The second-order valence-electron chi connectivity index (χ2n) is 3.40. The van der Waals surface area contributed by atoms with Crippen LogP contribution in [-0.4, -0.2) is 25.2 Å². The van der Waals surface area contributed by atoms with E-state index in [0.717, 1.165) is 12.2 Å². The van der Waals surface area contributed by atoms with Crippen LogP contribution in [0.1, 0.15) is 5.69 Å². The van der Waals surface area contributed by atoms with E-state index in [9.17, 15) is 0 Å². The van der Waals surface area contributed by atoms with Crippen LogP contribution in [0.15, 0.2) is 27.4 Å². The molecule has 0 spiro atoms. The molecule has 0 unspecified atom stereocenters. The van der Waals surface area contributed by atoms with Crippen molar-refractivity contribution in [1.82, 2.24) is 10.3 Å². The van der Waals surface area contributed by atoms with Crippen molar-refractivity contribution < 1.29 is 13.6 Å². The Morgan fingerprint density at radius 2 is 2.35 bits per heavy atom. The van der Waals surface area contributed by atoms with E-state index < -0.39 is 0 Å². The van der Waals surface area contributed by atoms with Gasteiger partial charge in [0.05, 0.1) is 6.61 Å². The monoisotopic (exact) mass is 256 g/mol. The molecule has 6 heteroatoms. The lowest BCUT2D eigenvalue weighted by atomic mass is 10.3. The Bertz CT molecular complexity index is 467. The molecule has 0 aliphatic rings. The maximum atomic E-state index is 5.71. The highest BCUT2D eigenvalue weighted by molar-refractivity contribution is 6.28. The Morgan fingerprint density at radius 1 is 1.47 bits per heavy atom. The van der Waals surface area contributed by atoms with Crippen LogP contribution in [-0.2, 0) is 11.3 Å². The minimum atomic E-state index is 0.328. The SMILES string of the molecule is COCCNCc1ncoc1-c1ccc(Cl)o1. The van der Waals surface area contributed by atoms with E-state index in [1.54, 1.807) is 19.2 Å². The van der Waals surface area contributed by atoms with E-state index >= 15 is 0 Å². The molecule has 17 heavy (non-hydrogen) atoms. The molecular formula is C11H13ClN2O3. The fourth-order valence-corrected chi connectivity index (χ4v) is 1.56. The van der Waals surface area contributed by atoms with Crippen LogP contribution in [0.2, 0.25) is 5.22 Å². The molecule has 0 saturated heterocycles. The second kappa shape index (κ2) is 5.86. The number of rotatable bonds is 6. The van der Waals surface area contributed by atoms with Crippen molar-refractivity contribution in [3.63, 3.8) is 0 Å². The number of furan rings is 1. The van der Waals surface area contributed by atoms with E-state index in [0.29, 0.717) is 29.9 Å². The predicted octanol–water partition coefficient (Wildman–Crippen LogP) is 2.32. The van der Waals surface area contributed by atoms with Crippen molar-refractivity contribution in [1.29, 1.82) is 0 Å². The average Bonchev–Trinajstić information content (AvgIpc) is 2.93. The van der Waals surface area contributed by atoms with Gasteiger partial charge in [-0.1, -0.05) is 0 Å². The zero-order chi connectivity index (χ0) is 12.1. The number of aromatic nitrogens is 1. The number of nitrogens with one attached hydrogen (secondary N) is 1. The number of oxazole rings is 1. The molecule has 2 aromatic rings. The second-order valence-corrected chi connectivity index (χ2v) is 3.77. The maximum Gasteiger partial charge on any atom is 0.194 e. The van der Waals surface area contributed by atoms with Gasteiger partial charge >= 0.3 is 0 Å². The van der Waals surface area contributed by atoms with Gasteiger partial charge in [-0.15, -0.1) is 0 Å². The number of ether oxygens (including phenoxy) is 1. The van der Waals surface area contributed by atoms with E-state index in [2.05, 4.69) is 10.3 Å². The van der Waals surface area contributed by atoms with Gasteiger partial charge in [-0.25, -0.2) is 4.98 Å². The van der Waals surface area contributed by atoms with Gasteiger partial charge in [0.1, 0.15) is 5.69 Å². The topological polar surface area (TPSA) is 60.4 Å². The van der Waals surface area contributed by atoms with Crippen LogP contribution in [0, 0.1) is 0 Å². The fraction of sp³-hybridized carbons (Fsp3) is 0.364. The van der Waals surface area contributed by atoms with Crippen molar-refractivity contribution in [2.45, 2.75) is 6.54 Å². The molecule has 0 aliphatic carbocycles. The lowest BCUT2D eigenvalue weighted by Gasteiger charge is -2.02. The van der Waals surface area contributed by atoms with Crippen molar-refractivity contribution in [3.8, 4) is 11.5 Å². The first-order chi connectivity index (χ1) is 8.31. The summed E-state index contributed by atoms with van der Waals surface area (Å²) in [6, 6.07) is 3.42. The van der Waals surface area contributed by atoms with Gasteiger partial charge in [0.15, 0.2) is 23.1 Å². The molecule has 2 rings (SSSR count). The highest BCUT2D eigenvalue weighted by Crippen LogP contribution is 2.27. The third-order valence-electron chi connectivity index (χ3n) is 2.21. The van der Waals surface area contributed by atoms with Gasteiger partial charge in [0.2, 0.25) is 0 Å². The highest BCUT2D eigenvalue weighted by atomic mass is 35.5. The lowest BCUT2D eigenvalue weighted by molar-refractivity contribution is 0.199. The number of hydrogen-bond donors (Lipinski definition) is 1. The molecule has 5 nitrogen and oxygen atoms in total. The van der Waals surface area contributed by atoms with Crippen LogP contribution in [0.25, 0.3) is 11.5 Å². The van der Waals surface area contributed by atoms with Gasteiger partial charge < -0.3 is 18.9 Å². The summed E-state index contributed by atoms with van der Waals surface area (Å²) in [6.07, 6.45) is 1.39. The first kappa shape index (κ1) is 12.2. The van der Waals surface area contributed by atoms with E-state index in [-0.39, 0.29) is 0 Å². The Morgan fingerprint density at radius 3 is 3.06 bits per heavy atom. The Hall–Kier alpha value is -1.30. The van der Waals surface area contributed by atoms with Crippen molar-refractivity contribution >= 4 is 11.6 Å². The molecule has 0 fully saturated rings. The molecule has 0 radical (unpaired) electrons. The molecule has 92 valence electrons.